The summed E-state index contributed by atoms with van der Waals surface area (Å²) in [5.41, 5.74) is 0.996. The Kier molecular flexibility index (Phi) is 6.52. The summed E-state index contributed by atoms with van der Waals surface area (Å²) in [4.78, 5) is 39.0. The zero-order chi connectivity index (χ0) is 19.3. The highest BCUT2D eigenvalue weighted by Crippen LogP contribution is 2.15. The van der Waals surface area contributed by atoms with E-state index in [1.807, 2.05) is 19.2 Å². The first-order valence-corrected chi connectivity index (χ1v) is 9.14. The number of carbonyl (C=O) groups excluding carboxylic acids is 3. The highest BCUT2D eigenvalue weighted by atomic mass is 32.1. The molecule has 26 heavy (non-hydrogen) atoms. The molecular formula is C19H23N3O3S. The molecule has 2 N–H and O–H groups in total. The van der Waals surface area contributed by atoms with Gasteiger partial charge in [0.2, 0.25) is 5.91 Å². The normalized spacial score (nSPS) is 11.7. The Balaban J connectivity index is 2.11. The average molecular weight is 373 g/mol. The maximum absolute atomic E-state index is 12.7. The molecule has 1 atom stereocenters. The van der Waals surface area contributed by atoms with Gasteiger partial charge in [-0.25, -0.2) is 0 Å². The molecule has 0 aliphatic carbocycles. The predicted molar refractivity (Wildman–Crippen MR) is 104 cm³/mol. The zero-order valence-electron chi connectivity index (χ0n) is 15.3. The van der Waals surface area contributed by atoms with Crippen LogP contribution in [0.1, 0.15) is 33.9 Å². The fraction of sp³-hybridized carbons (Fsp3) is 0.316. The molecule has 6 nitrogen and oxygen atoms in total. The van der Waals surface area contributed by atoms with Gasteiger partial charge in [-0.2, -0.15) is 0 Å². The summed E-state index contributed by atoms with van der Waals surface area (Å²) in [5, 5.41) is 7.38. The van der Waals surface area contributed by atoms with Gasteiger partial charge in [-0.1, -0.05) is 26.0 Å². The summed E-state index contributed by atoms with van der Waals surface area (Å²) in [6.07, 6.45) is 0. The van der Waals surface area contributed by atoms with E-state index in [1.165, 1.54) is 16.2 Å². The second kappa shape index (κ2) is 8.62. The summed E-state index contributed by atoms with van der Waals surface area (Å²) in [5.74, 6) is -0.831. The van der Waals surface area contributed by atoms with Crippen molar-refractivity contribution in [3.63, 3.8) is 0 Å². The molecule has 1 heterocycles. The first-order chi connectivity index (χ1) is 12.3. The van der Waals surface area contributed by atoms with E-state index in [-0.39, 0.29) is 23.6 Å². The van der Waals surface area contributed by atoms with Crippen molar-refractivity contribution >= 4 is 34.7 Å². The Morgan fingerprint density at radius 1 is 1.08 bits per heavy atom. The molecule has 1 aromatic carbocycles. The lowest BCUT2D eigenvalue weighted by Crippen LogP contribution is -2.47. The lowest BCUT2D eigenvalue weighted by atomic mass is 10.0. The Bertz CT molecular complexity index is 785. The Morgan fingerprint density at radius 2 is 1.81 bits per heavy atom. The van der Waals surface area contributed by atoms with Crippen molar-refractivity contribution < 1.29 is 14.4 Å². The standard InChI is InChI=1S/C19H23N3O3S/c1-12(2)16(21-17(23)15-9-6-10-26-15)18(24)20-14-8-5-7-13(11-14)19(25)22(3)4/h5-12,16H,1-4H3,(H,20,24)(H,21,23). The fourth-order valence-electron chi connectivity index (χ4n) is 2.36. The maximum atomic E-state index is 12.7. The number of hydrogen-bond acceptors (Lipinski definition) is 4. The smallest absolute Gasteiger partial charge is 0.262 e. The van der Waals surface area contributed by atoms with Crippen molar-refractivity contribution in [2.75, 3.05) is 19.4 Å². The van der Waals surface area contributed by atoms with E-state index in [2.05, 4.69) is 10.6 Å². The molecule has 7 heteroatoms. The number of hydrogen-bond donors (Lipinski definition) is 2. The van der Waals surface area contributed by atoms with Crippen LogP contribution in [0.4, 0.5) is 5.69 Å². The molecule has 2 aromatic rings. The van der Waals surface area contributed by atoms with E-state index < -0.39 is 6.04 Å². The molecule has 0 radical (unpaired) electrons. The van der Waals surface area contributed by atoms with Crippen molar-refractivity contribution in [1.29, 1.82) is 0 Å². The molecule has 0 aliphatic heterocycles. The van der Waals surface area contributed by atoms with Gasteiger partial charge in [0.1, 0.15) is 6.04 Å². The van der Waals surface area contributed by atoms with Crippen molar-refractivity contribution in [2.24, 2.45) is 5.92 Å². The van der Waals surface area contributed by atoms with Crippen LogP contribution in [-0.2, 0) is 4.79 Å². The quantitative estimate of drug-likeness (QED) is 0.817. The molecule has 0 saturated carbocycles. The number of rotatable bonds is 6. The minimum atomic E-state index is -0.683. The number of amides is 3. The SMILES string of the molecule is CC(C)C(NC(=O)c1cccs1)C(=O)Nc1cccc(C(=O)N(C)C)c1. The van der Waals surface area contributed by atoms with E-state index in [4.69, 9.17) is 0 Å². The molecule has 0 spiro atoms. The molecule has 0 saturated heterocycles. The third-order valence-corrected chi connectivity index (χ3v) is 4.63. The highest BCUT2D eigenvalue weighted by Gasteiger charge is 2.25. The second-order valence-electron chi connectivity index (χ2n) is 6.44. The number of nitrogens with zero attached hydrogens (tertiary/aromatic N) is 1. The predicted octanol–water partition coefficient (Wildman–Crippen LogP) is 2.84. The van der Waals surface area contributed by atoms with Crippen molar-refractivity contribution in [3.8, 4) is 0 Å². The van der Waals surface area contributed by atoms with Crippen LogP contribution >= 0.6 is 11.3 Å². The minimum absolute atomic E-state index is 0.0921. The van der Waals surface area contributed by atoms with Crippen molar-refractivity contribution in [2.45, 2.75) is 19.9 Å². The van der Waals surface area contributed by atoms with Crippen LogP contribution in [-0.4, -0.2) is 42.8 Å². The van der Waals surface area contributed by atoms with Crippen molar-refractivity contribution in [1.82, 2.24) is 10.2 Å². The van der Waals surface area contributed by atoms with Gasteiger partial charge in [-0.05, 0) is 35.6 Å². The number of thiophene rings is 1. The average Bonchev–Trinajstić information content (AvgIpc) is 3.13. The maximum Gasteiger partial charge on any atom is 0.262 e. The molecular weight excluding hydrogens is 350 g/mol. The molecule has 1 aromatic heterocycles. The lowest BCUT2D eigenvalue weighted by Gasteiger charge is -2.21. The van der Waals surface area contributed by atoms with Gasteiger partial charge in [0.25, 0.3) is 11.8 Å². The molecule has 2 rings (SSSR count). The third kappa shape index (κ3) is 4.92. The van der Waals surface area contributed by atoms with Gasteiger partial charge < -0.3 is 15.5 Å². The second-order valence-corrected chi connectivity index (χ2v) is 7.39. The van der Waals surface area contributed by atoms with E-state index in [1.54, 1.807) is 50.5 Å². The van der Waals surface area contributed by atoms with Crippen LogP contribution in [0.2, 0.25) is 0 Å². The first-order valence-electron chi connectivity index (χ1n) is 8.26. The van der Waals surface area contributed by atoms with Gasteiger partial charge in [0.05, 0.1) is 4.88 Å². The van der Waals surface area contributed by atoms with Gasteiger partial charge in [0.15, 0.2) is 0 Å². The third-order valence-electron chi connectivity index (χ3n) is 3.76. The molecule has 0 fully saturated rings. The number of benzene rings is 1. The Labute approximate surface area is 157 Å². The molecule has 138 valence electrons. The van der Waals surface area contributed by atoms with E-state index >= 15 is 0 Å². The van der Waals surface area contributed by atoms with E-state index in [0.29, 0.717) is 16.1 Å². The highest BCUT2D eigenvalue weighted by molar-refractivity contribution is 7.12. The summed E-state index contributed by atoms with van der Waals surface area (Å²) in [6.45, 7) is 3.73. The number of nitrogens with one attached hydrogen (secondary N) is 2. The number of carbonyl (C=O) groups is 3. The fourth-order valence-corrected chi connectivity index (χ4v) is 2.99. The van der Waals surface area contributed by atoms with Crippen LogP contribution in [0, 0.1) is 5.92 Å². The van der Waals surface area contributed by atoms with Gasteiger partial charge in [-0.3, -0.25) is 14.4 Å². The minimum Gasteiger partial charge on any atom is -0.345 e. The molecule has 0 bridgehead atoms. The summed E-state index contributed by atoms with van der Waals surface area (Å²) in [6, 6.07) is 9.56. The number of anilines is 1. The lowest BCUT2D eigenvalue weighted by molar-refractivity contribution is -0.118. The van der Waals surface area contributed by atoms with Gasteiger partial charge >= 0.3 is 0 Å². The van der Waals surface area contributed by atoms with Crippen molar-refractivity contribution in [3.05, 3.63) is 52.2 Å². The van der Waals surface area contributed by atoms with Crippen LogP contribution in [0.25, 0.3) is 0 Å². The van der Waals surface area contributed by atoms with Crippen LogP contribution in [0.5, 0.6) is 0 Å². The monoisotopic (exact) mass is 373 g/mol. The molecule has 1 unspecified atom stereocenters. The van der Waals surface area contributed by atoms with E-state index in [0.717, 1.165) is 0 Å². The van der Waals surface area contributed by atoms with Crippen LogP contribution in [0.3, 0.4) is 0 Å². The van der Waals surface area contributed by atoms with Gasteiger partial charge in [-0.15, -0.1) is 11.3 Å². The summed E-state index contributed by atoms with van der Waals surface area (Å²) in [7, 11) is 3.34. The molecule has 3 amide bonds. The Morgan fingerprint density at radius 3 is 2.38 bits per heavy atom. The topological polar surface area (TPSA) is 78.5 Å². The molecule has 0 aliphatic rings. The largest absolute Gasteiger partial charge is 0.345 e. The summed E-state index contributed by atoms with van der Waals surface area (Å²) >= 11 is 1.32. The van der Waals surface area contributed by atoms with Crippen LogP contribution in [0.15, 0.2) is 41.8 Å². The van der Waals surface area contributed by atoms with E-state index in [9.17, 15) is 14.4 Å². The van der Waals surface area contributed by atoms with Crippen LogP contribution < -0.4 is 10.6 Å². The summed E-state index contributed by atoms with van der Waals surface area (Å²) < 4.78 is 0. The first kappa shape index (κ1) is 19.7. The van der Waals surface area contributed by atoms with Gasteiger partial charge in [0, 0.05) is 25.3 Å². The zero-order valence-corrected chi connectivity index (χ0v) is 16.1. The Hall–Kier alpha value is -2.67.